The van der Waals surface area contributed by atoms with E-state index < -0.39 is 0 Å². The average molecular weight is 572 g/mol. The van der Waals surface area contributed by atoms with Gasteiger partial charge >= 0.3 is 0 Å². The third kappa shape index (κ3) is 35.0. The summed E-state index contributed by atoms with van der Waals surface area (Å²) in [6.45, 7) is 5.92. The van der Waals surface area contributed by atoms with Crippen molar-refractivity contribution in [2.75, 3.05) is 13.2 Å². The minimum atomic E-state index is 0.322. The standard InChI is InChI=1S/C39H73NO/c1-3-5-7-9-11-13-15-17-19-21-23-25-27-29-31-35-39(40-37-33-34-38-41)36-32-30-28-26-24-22-20-18-16-14-12-10-8-6-4-2/h11-14,17-20,39-41H,3-10,15-16,21-38H2,1-2H3/b13-11-,14-12-,19-17-,20-18-. The summed E-state index contributed by atoms with van der Waals surface area (Å²) >= 11 is 0. The molecule has 0 aromatic rings. The molecule has 0 heterocycles. The molecule has 0 aromatic heterocycles. The highest BCUT2D eigenvalue weighted by atomic mass is 16.2. The molecule has 0 spiro atoms. The molecule has 2 nitrogen and oxygen atoms in total. The van der Waals surface area contributed by atoms with Crippen LogP contribution in [0.15, 0.2) is 48.6 Å². The van der Waals surface area contributed by atoms with Crippen LogP contribution in [0.5, 0.6) is 0 Å². The monoisotopic (exact) mass is 572 g/mol. The molecular formula is C39H73NO. The summed E-state index contributed by atoms with van der Waals surface area (Å²) in [6.07, 6.45) is 52.3. The molecular weight excluding hydrogens is 498 g/mol. The van der Waals surface area contributed by atoms with Crippen molar-refractivity contribution in [3.05, 3.63) is 48.6 Å². The maximum Gasteiger partial charge on any atom is 0.0431 e. The van der Waals surface area contributed by atoms with Gasteiger partial charge in [0.15, 0.2) is 0 Å². The first-order chi connectivity index (χ1) is 20.3. The second kappa shape index (κ2) is 36.9. The third-order valence-electron chi connectivity index (χ3n) is 8.02. The van der Waals surface area contributed by atoms with Crippen LogP contribution in [0.1, 0.15) is 181 Å². The first-order valence-corrected chi connectivity index (χ1v) is 18.3. The Kier molecular flexibility index (Phi) is 35.9. The molecule has 0 aliphatic heterocycles. The molecule has 0 aliphatic rings. The van der Waals surface area contributed by atoms with Crippen molar-refractivity contribution in [1.82, 2.24) is 5.32 Å². The Labute approximate surface area is 258 Å². The van der Waals surface area contributed by atoms with E-state index in [0.717, 1.165) is 32.2 Å². The van der Waals surface area contributed by atoms with Gasteiger partial charge in [0.1, 0.15) is 0 Å². The van der Waals surface area contributed by atoms with Crippen molar-refractivity contribution in [1.29, 1.82) is 0 Å². The maximum absolute atomic E-state index is 9.09. The normalized spacial score (nSPS) is 12.5. The lowest BCUT2D eigenvalue weighted by Crippen LogP contribution is -2.30. The number of aliphatic hydroxyl groups is 1. The SMILES string of the molecule is CCCCC/C=C\C/C=C\CCCCCCCC(CCCCCCC/C=C\C/C=C\CCCCC)NCCCCO. The highest BCUT2D eigenvalue weighted by Crippen LogP contribution is 2.15. The molecule has 0 atom stereocenters. The number of hydrogen-bond donors (Lipinski definition) is 2. The predicted octanol–water partition coefficient (Wildman–Crippen LogP) is 12.3. The van der Waals surface area contributed by atoms with Gasteiger partial charge in [-0.3, -0.25) is 0 Å². The van der Waals surface area contributed by atoms with Crippen molar-refractivity contribution in [2.24, 2.45) is 0 Å². The molecule has 2 N–H and O–H groups in total. The van der Waals surface area contributed by atoms with Crippen LogP contribution in [0.3, 0.4) is 0 Å². The van der Waals surface area contributed by atoms with Gasteiger partial charge in [0, 0.05) is 12.6 Å². The smallest absolute Gasteiger partial charge is 0.0431 e. The lowest BCUT2D eigenvalue weighted by Gasteiger charge is -2.19. The predicted molar refractivity (Wildman–Crippen MR) is 187 cm³/mol. The summed E-state index contributed by atoms with van der Waals surface area (Å²) in [5, 5.41) is 12.9. The Morgan fingerprint density at radius 1 is 0.439 bits per heavy atom. The fourth-order valence-electron chi connectivity index (χ4n) is 5.30. The van der Waals surface area contributed by atoms with Gasteiger partial charge in [0.25, 0.3) is 0 Å². The number of rotatable bonds is 33. The van der Waals surface area contributed by atoms with E-state index in [0.29, 0.717) is 12.6 Å². The van der Waals surface area contributed by atoms with Gasteiger partial charge in [-0.15, -0.1) is 0 Å². The van der Waals surface area contributed by atoms with Crippen molar-refractivity contribution >= 4 is 0 Å². The van der Waals surface area contributed by atoms with E-state index in [9.17, 15) is 0 Å². The van der Waals surface area contributed by atoms with Crippen LogP contribution >= 0.6 is 0 Å². The fraction of sp³-hybridized carbons (Fsp3) is 0.795. The van der Waals surface area contributed by atoms with Crippen molar-refractivity contribution in [2.45, 2.75) is 187 Å². The van der Waals surface area contributed by atoms with E-state index >= 15 is 0 Å². The second-order valence-corrected chi connectivity index (χ2v) is 12.1. The van der Waals surface area contributed by atoms with Gasteiger partial charge in [0.2, 0.25) is 0 Å². The summed E-state index contributed by atoms with van der Waals surface area (Å²) < 4.78 is 0. The van der Waals surface area contributed by atoms with Crippen molar-refractivity contribution in [3.63, 3.8) is 0 Å². The molecule has 0 unspecified atom stereocenters. The van der Waals surface area contributed by atoms with Gasteiger partial charge in [-0.1, -0.05) is 140 Å². The molecule has 0 rings (SSSR count). The van der Waals surface area contributed by atoms with Gasteiger partial charge in [0.05, 0.1) is 0 Å². The second-order valence-electron chi connectivity index (χ2n) is 12.1. The van der Waals surface area contributed by atoms with Crippen molar-refractivity contribution < 1.29 is 5.11 Å². The van der Waals surface area contributed by atoms with E-state index in [1.807, 2.05) is 0 Å². The number of aliphatic hydroxyl groups excluding tert-OH is 1. The van der Waals surface area contributed by atoms with E-state index in [-0.39, 0.29) is 0 Å². The molecule has 0 saturated carbocycles. The highest BCUT2D eigenvalue weighted by molar-refractivity contribution is 4.93. The number of nitrogens with one attached hydrogen (secondary N) is 1. The van der Waals surface area contributed by atoms with E-state index in [2.05, 4.69) is 67.8 Å². The first-order valence-electron chi connectivity index (χ1n) is 18.3. The minimum Gasteiger partial charge on any atom is -0.396 e. The summed E-state index contributed by atoms with van der Waals surface area (Å²) in [7, 11) is 0. The zero-order chi connectivity index (χ0) is 29.7. The average Bonchev–Trinajstić information content (AvgIpc) is 2.98. The molecule has 240 valence electrons. The molecule has 0 bridgehead atoms. The Hall–Kier alpha value is -1.12. The van der Waals surface area contributed by atoms with Gasteiger partial charge < -0.3 is 10.4 Å². The molecule has 0 amide bonds. The molecule has 2 heteroatoms. The molecule has 0 saturated heterocycles. The first kappa shape index (κ1) is 39.9. The zero-order valence-corrected chi connectivity index (χ0v) is 27.9. The Morgan fingerprint density at radius 2 is 0.829 bits per heavy atom. The van der Waals surface area contributed by atoms with E-state index in [1.165, 1.54) is 141 Å². The van der Waals surface area contributed by atoms with Crippen LogP contribution in [-0.2, 0) is 0 Å². The number of allylic oxidation sites excluding steroid dienone is 8. The van der Waals surface area contributed by atoms with Crippen LogP contribution in [-0.4, -0.2) is 24.3 Å². The lowest BCUT2D eigenvalue weighted by molar-refractivity contribution is 0.281. The number of hydrogen-bond acceptors (Lipinski definition) is 2. The lowest BCUT2D eigenvalue weighted by atomic mass is 9.99. The van der Waals surface area contributed by atoms with Gasteiger partial charge in [-0.05, 0) is 96.4 Å². The summed E-state index contributed by atoms with van der Waals surface area (Å²) in [6, 6.07) is 0.671. The molecule has 0 fully saturated rings. The molecule has 0 aliphatic carbocycles. The summed E-state index contributed by atoms with van der Waals surface area (Å²) in [4.78, 5) is 0. The van der Waals surface area contributed by atoms with Gasteiger partial charge in [-0.2, -0.15) is 0 Å². The molecule has 0 radical (unpaired) electrons. The fourth-order valence-corrected chi connectivity index (χ4v) is 5.30. The quantitative estimate of drug-likeness (QED) is 0.0606. The highest BCUT2D eigenvalue weighted by Gasteiger charge is 2.07. The third-order valence-corrected chi connectivity index (χ3v) is 8.02. The topological polar surface area (TPSA) is 32.3 Å². The van der Waals surface area contributed by atoms with Crippen LogP contribution in [0.4, 0.5) is 0 Å². The van der Waals surface area contributed by atoms with Crippen molar-refractivity contribution in [3.8, 4) is 0 Å². The maximum atomic E-state index is 9.09. The molecule has 0 aromatic carbocycles. The van der Waals surface area contributed by atoms with E-state index in [4.69, 9.17) is 5.11 Å². The summed E-state index contributed by atoms with van der Waals surface area (Å²) in [5.74, 6) is 0. The Balaban J connectivity index is 3.79. The van der Waals surface area contributed by atoms with Crippen LogP contribution < -0.4 is 5.32 Å². The zero-order valence-electron chi connectivity index (χ0n) is 27.9. The Morgan fingerprint density at radius 3 is 1.24 bits per heavy atom. The largest absolute Gasteiger partial charge is 0.396 e. The van der Waals surface area contributed by atoms with Crippen LogP contribution in [0.2, 0.25) is 0 Å². The van der Waals surface area contributed by atoms with Gasteiger partial charge in [-0.25, -0.2) is 0 Å². The summed E-state index contributed by atoms with van der Waals surface area (Å²) in [5.41, 5.74) is 0. The minimum absolute atomic E-state index is 0.322. The van der Waals surface area contributed by atoms with E-state index in [1.54, 1.807) is 0 Å². The molecule has 41 heavy (non-hydrogen) atoms. The Bertz CT molecular complexity index is 544. The van der Waals surface area contributed by atoms with Crippen LogP contribution in [0.25, 0.3) is 0 Å². The van der Waals surface area contributed by atoms with Crippen LogP contribution in [0, 0.1) is 0 Å². The number of unbranched alkanes of at least 4 members (excludes halogenated alkanes) is 17.